The van der Waals surface area contributed by atoms with E-state index in [2.05, 4.69) is 12.2 Å². The van der Waals surface area contributed by atoms with Crippen LogP contribution in [0.5, 0.6) is 0 Å². The van der Waals surface area contributed by atoms with Crippen LogP contribution in [0.1, 0.15) is 40.5 Å². The standard InChI is InChI=1S/C18H32N2O6/c1-6-7-12(2)19-17(22)15-16-13(25-18(3,4)26-16)10-20(15)14(21)11-24-9-8-23-5/h12-13,15-16H,6-11H2,1-5H3,(H,19,22)/t12?,13-,15-,16-/m0/s1. The molecule has 4 atom stereocenters. The van der Waals surface area contributed by atoms with Crippen molar-refractivity contribution in [2.45, 2.75) is 70.6 Å². The molecule has 2 aliphatic rings. The lowest BCUT2D eigenvalue weighted by Gasteiger charge is -2.30. The van der Waals surface area contributed by atoms with Gasteiger partial charge in [-0.05, 0) is 27.2 Å². The number of likely N-dealkylation sites (tertiary alicyclic amines) is 1. The van der Waals surface area contributed by atoms with Gasteiger partial charge in [0.25, 0.3) is 0 Å². The van der Waals surface area contributed by atoms with Gasteiger partial charge in [-0.2, -0.15) is 0 Å². The average molecular weight is 372 g/mol. The second kappa shape index (κ2) is 9.12. The Morgan fingerprint density at radius 3 is 2.69 bits per heavy atom. The van der Waals surface area contributed by atoms with E-state index in [1.807, 2.05) is 20.8 Å². The van der Waals surface area contributed by atoms with E-state index in [0.29, 0.717) is 19.8 Å². The molecule has 2 aliphatic heterocycles. The number of methoxy groups -OCH3 is 1. The summed E-state index contributed by atoms with van der Waals surface area (Å²) in [5.74, 6) is -1.21. The van der Waals surface area contributed by atoms with Gasteiger partial charge in [0, 0.05) is 13.2 Å². The van der Waals surface area contributed by atoms with Gasteiger partial charge in [0.2, 0.25) is 11.8 Å². The Morgan fingerprint density at radius 1 is 1.31 bits per heavy atom. The number of fused-ring (bicyclic) bond motifs is 1. The molecule has 2 amide bonds. The second-order valence-corrected chi connectivity index (χ2v) is 7.37. The van der Waals surface area contributed by atoms with Gasteiger partial charge >= 0.3 is 0 Å². The molecule has 1 unspecified atom stereocenters. The summed E-state index contributed by atoms with van der Waals surface area (Å²) in [5, 5.41) is 2.99. The molecule has 0 aliphatic carbocycles. The molecule has 0 saturated carbocycles. The van der Waals surface area contributed by atoms with Crippen LogP contribution in [0.4, 0.5) is 0 Å². The minimum atomic E-state index is -0.757. The molecule has 0 radical (unpaired) electrons. The number of nitrogens with one attached hydrogen (secondary N) is 1. The summed E-state index contributed by atoms with van der Waals surface area (Å²) < 4.78 is 22.0. The van der Waals surface area contributed by atoms with E-state index < -0.39 is 17.9 Å². The molecule has 8 heteroatoms. The molecule has 0 spiro atoms. The Labute approximate surface area is 155 Å². The van der Waals surface area contributed by atoms with Gasteiger partial charge in [0.15, 0.2) is 5.79 Å². The number of hydrogen-bond donors (Lipinski definition) is 1. The lowest BCUT2D eigenvalue weighted by molar-refractivity contribution is -0.171. The van der Waals surface area contributed by atoms with Crippen molar-refractivity contribution >= 4 is 11.8 Å². The summed E-state index contributed by atoms with van der Waals surface area (Å²) in [5.41, 5.74) is 0. The predicted octanol–water partition coefficient (Wildman–Crippen LogP) is 0.685. The fraction of sp³-hybridized carbons (Fsp3) is 0.889. The first kappa shape index (κ1) is 21.1. The zero-order chi connectivity index (χ0) is 19.3. The van der Waals surface area contributed by atoms with Gasteiger partial charge in [-0.1, -0.05) is 13.3 Å². The number of nitrogens with zero attached hydrogens (tertiary/aromatic N) is 1. The molecule has 26 heavy (non-hydrogen) atoms. The van der Waals surface area contributed by atoms with Gasteiger partial charge in [0.1, 0.15) is 24.9 Å². The molecule has 2 rings (SSSR count). The lowest BCUT2D eigenvalue weighted by atomic mass is 10.1. The predicted molar refractivity (Wildman–Crippen MR) is 94.5 cm³/mol. The minimum absolute atomic E-state index is 0.0387. The maximum Gasteiger partial charge on any atom is 0.249 e. The Morgan fingerprint density at radius 2 is 2.04 bits per heavy atom. The third-order valence-electron chi connectivity index (χ3n) is 4.60. The molecular formula is C18H32N2O6. The molecular weight excluding hydrogens is 340 g/mol. The highest BCUT2D eigenvalue weighted by molar-refractivity contribution is 5.89. The zero-order valence-electron chi connectivity index (χ0n) is 16.4. The van der Waals surface area contributed by atoms with Crippen molar-refractivity contribution in [1.29, 1.82) is 0 Å². The number of rotatable bonds is 9. The molecule has 0 aromatic carbocycles. The van der Waals surface area contributed by atoms with Crippen molar-refractivity contribution in [2.75, 3.05) is 33.5 Å². The maximum absolute atomic E-state index is 12.9. The summed E-state index contributed by atoms with van der Waals surface area (Å²) in [6.45, 7) is 8.63. The number of ether oxygens (including phenoxy) is 4. The van der Waals surface area contributed by atoms with Crippen molar-refractivity contribution < 1.29 is 28.5 Å². The minimum Gasteiger partial charge on any atom is -0.382 e. The van der Waals surface area contributed by atoms with E-state index in [0.717, 1.165) is 12.8 Å². The van der Waals surface area contributed by atoms with Crippen LogP contribution in [-0.4, -0.2) is 80.3 Å². The molecule has 0 aromatic heterocycles. The van der Waals surface area contributed by atoms with Crippen molar-refractivity contribution in [3.63, 3.8) is 0 Å². The highest BCUT2D eigenvalue weighted by atomic mass is 16.8. The van der Waals surface area contributed by atoms with Crippen LogP contribution >= 0.6 is 0 Å². The normalized spacial score (nSPS) is 28.0. The molecule has 0 bridgehead atoms. The van der Waals surface area contributed by atoms with Crippen LogP contribution in [-0.2, 0) is 28.5 Å². The molecule has 150 valence electrons. The first-order valence-electron chi connectivity index (χ1n) is 9.31. The van der Waals surface area contributed by atoms with E-state index in [4.69, 9.17) is 18.9 Å². The van der Waals surface area contributed by atoms with E-state index >= 15 is 0 Å². The Hall–Kier alpha value is -1.22. The van der Waals surface area contributed by atoms with Crippen molar-refractivity contribution in [3.05, 3.63) is 0 Å². The first-order chi connectivity index (χ1) is 12.3. The smallest absolute Gasteiger partial charge is 0.249 e. The number of carbonyl (C=O) groups is 2. The van der Waals surface area contributed by atoms with Gasteiger partial charge < -0.3 is 29.2 Å². The van der Waals surface area contributed by atoms with Gasteiger partial charge in [0.05, 0.1) is 19.8 Å². The largest absolute Gasteiger partial charge is 0.382 e. The van der Waals surface area contributed by atoms with E-state index in [-0.39, 0.29) is 30.6 Å². The molecule has 0 aromatic rings. The summed E-state index contributed by atoms with van der Waals surface area (Å²) in [6, 6.07) is -0.670. The second-order valence-electron chi connectivity index (χ2n) is 7.37. The van der Waals surface area contributed by atoms with Crippen molar-refractivity contribution in [3.8, 4) is 0 Å². The number of carbonyl (C=O) groups excluding carboxylic acids is 2. The summed E-state index contributed by atoms with van der Waals surface area (Å²) in [6.07, 6.45) is 1.07. The average Bonchev–Trinajstić information content (AvgIpc) is 3.03. The molecule has 2 fully saturated rings. The molecule has 8 nitrogen and oxygen atoms in total. The van der Waals surface area contributed by atoms with Crippen LogP contribution < -0.4 is 5.32 Å². The van der Waals surface area contributed by atoms with Crippen molar-refractivity contribution in [2.24, 2.45) is 0 Å². The quantitative estimate of drug-likeness (QED) is 0.599. The van der Waals surface area contributed by atoms with Crippen LogP contribution in [0, 0.1) is 0 Å². The first-order valence-corrected chi connectivity index (χ1v) is 9.31. The van der Waals surface area contributed by atoms with Crippen LogP contribution in [0.3, 0.4) is 0 Å². The van der Waals surface area contributed by atoms with Gasteiger partial charge in [-0.25, -0.2) is 0 Å². The third-order valence-corrected chi connectivity index (χ3v) is 4.60. The van der Waals surface area contributed by atoms with E-state index in [1.165, 1.54) is 4.90 Å². The lowest BCUT2D eigenvalue weighted by Crippen LogP contribution is -2.53. The summed E-state index contributed by atoms with van der Waals surface area (Å²) in [4.78, 5) is 27.0. The van der Waals surface area contributed by atoms with Crippen molar-refractivity contribution in [1.82, 2.24) is 10.2 Å². The van der Waals surface area contributed by atoms with Gasteiger partial charge in [-0.3, -0.25) is 9.59 Å². The third kappa shape index (κ3) is 5.16. The molecule has 2 heterocycles. The topological polar surface area (TPSA) is 86.3 Å². The molecule has 2 saturated heterocycles. The SMILES string of the molecule is CCCC(C)NC(=O)[C@@H]1[C@H]2OC(C)(C)O[C@H]2CN1C(=O)COCCOC. The maximum atomic E-state index is 12.9. The fourth-order valence-corrected chi connectivity index (χ4v) is 3.52. The Bertz CT molecular complexity index is 498. The zero-order valence-corrected chi connectivity index (χ0v) is 16.4. The molecule has 1 N–H and O–H groups in total. The monoisotopic (exact) mass is 372 g/mol. The summed E-state index contributed by atoms with van der Waals surface area (Å²) >= 11 is 0. The van der Waals surface area contributed by atoms with E-state index in [9.17, 15) is 9.59 Å². The fourth-order valence-electron chi connectivity index (χ4n) is 3.52. The Kier molecular flexibility index (Phi) is 7.40. The highest BCUT2D eigenvalue weighted by Crippen LogP contribution is 2.37. The van der Waals surface area contributed by atoms with Crippen LogP contribution in [0.15, 0.2) is 0 Å². The summed E-state index contributed by atoms with van der Waals surface area (Å²) in [7, 11) is 1.57. The number of amides is 2. The van der Waals surface area contributed by atoms with E-state index in [1.54, 1.807) is 7.11 Å². The Balaban J connectivity index is 2.05. The highest BCUT2D eigenvalue weighted by Gasteiger charge is 2.56. The van der Waals surface area contributed by atoms with Gasteiger partial charge in [-0.15, -0.1) is 0 Å². The van der Waals surface area contributed by atoms with Crippen LogP contribution in [0.25, 0.3) is 0 Å². The van der Waals surface area contributed by atoms with Crippen LogP contribution in [0.2, 0.25) is 0 Å². The number of hydrogen-bond acceptors (Lipinski definition) is 6.